The van der Waals surface area contributed by atoms with E-state index in [9.17, 15) is 9.59 Å². The summed E-state index contributed by atoms with van der Waals surface area (Å²) >= 11 is 0. The number of hydrogen-bond acceptors (Lipinski definition) is 3. The van der Waals surface area contributed by atoms with Gasteiger partial charge >= 0.3 is 5.97 Å². The van der Waals surface area contributed by atoms with Gasteiger partial charge in [-0.15, -0.1) is 0 Å². The zero-order chi connectivity index (χ0) is 13.7. The average molecular weight is 265 g/mol. The molecule has 0 aliphatic carbocycles. The third kappa shape index (κ3) is 3.59. The highest BCUT2D eigenvalue weighted by Gasteiger charge is 2.22. The molecule has 1 aliphatic heterocycles. The van der Waals surface area contributed by atoms with Crippen molar-refractivity contribution in [2.45, 2.75) is 38.5 Å². The van der Waals surface area contributed by atoms with E-state index >= 15 is 0 Å². The van der Waals surface area contributed by atoms with Crippen LogP contribution in [-0.2, 0) is 11.2 Å². The van der Waals surface area contributed by atoms with E-state index in [0.717, 1.165) is 38.8 Å². The van der Waals surface area contributed by atoms with Gasteiger partial charge in [0, 0.05) is 13.1 Å². The zero-order valence-corrected chi connectivity index (χ0v) is 10.9. The fourth-order valence-corrected chi connectivity index (χ4v) is 2.43. The first kappa shape index (κ1) is 13.6. The molecule has 19 heavy (non-hydrogen) atoms. The van der Waals surface area contributed by atoms with E-state index in [4.69, 9.17) is 9.52 Å². The van der Waals surface area contributed by atoms with Crippen molar-refractivity contribution in [1.29, 1.82) is 0 Å². The summed E-state index contributed by atoms with van der Waals surface area (Å²) in [7, 11) is 0. The summed E-state index contributed by atoms with van der Waals surface area (Å²) in [5, 5.41) is 8.80. The number of rotatable bonds is 3. The van der Waals surface area contributed by atoms with Gasteiger partial charge in [-0.1, -0.05) is 19.3 Å². The molecule has 2 rings (SSSR count). The number of carboxylic acid groups (broad SMARTS) is 1. The van der Waals surface area contributed by atoms with Crippen molar-refractivity contribution < 1.29 is 19.1 Å². The van der Waals surface area contributed by atoms with Gasteiger partial charge in [-0.25, -0.2) is 0 Å². The van der Waals surface area contributed by atoms with Crippen molar-refractivity contribution in [3.05, 3.63) is 23.7 Å². The normalized spacial score (nSPS) is 16.7. The molecule has 2 heterocycles. The Hall–Kier alpha value is -1.78. The van der Waals surface area contributed by atoms with E-state index in [1.165, 1.54) is 12.7 Å². The lowest BCUT2D eigenvalue weighted by Crippen LogP contribution is -2.34. The van der Waals surface area contributed by atoms with Gasteiger partial charge in [0.1, 0.15) is 12.2 Å². The van der Waals surface area contributed by atoms with Crippen LogP contribution in [0.4, 0.5) is 0 Å². The summed E-state index contributed by atoms with van der Waals surface area (Å²) in [5.74, 6) is -0.844. The zero-order valence-electron chi connectivity index (χ0n) is 10.9. The minimum absolute atomic E-state index is 0.105. The summed E-state index contributed by atoms with van der Waals surface area (Å²) in [5.41, 5.74) is 0.392. The third-order valence-electron chi connectivity index (χ3n) is 3.43. The molecule has 104 valence electrons. The largest absolute Gasteiger partial charge is 0.481 e. The molecule has 0 radical (unpaired) electrons. The molecule has 0 atom stereocenters. The van der Waals surface area contributed by atoms with Crippen LogP contribution in [-0.4, -0.2) is 35.0 Å². The molecule has 1 aromatic heterocycles. The summed E-state index contributed by atoms with van der Waals surface area (Å²) in [4.78, 5) is 24.9. The number of likely N-dealkylation sites (tertiary alicyclic amines) is 1. The van der Waals surface area contributed by atoms with Crippen LogP contribution in [0.3, 0.4) is 0 Å². The minimum atomic E-state index is -0.989. The van der Waals surface area contributed by atoms with Crippen molar-refractivity contribution in [1.82, 2.24) is 4.90 Å². The standard InChI is InChI=1S/C14H19NO4/c16-13(17)10-12-11(6-9-19-12)14(18)15-7-4-2-1-3-5-8-15/h6,9H,1-5,7-8,10H2,(H,16,17). The van der Waals surface area contributed by atoms with Crippen LogP contribution in [0.1, 0.15) is 48.2 Å². The first-order valence-electron chi connectivity index (χ1n) is 6.76. The average Bonchev–Trinajstić information content (AvgIpc) is 2.75. The van der Waals surface area contributed by atoms with Crippen molar-refractivity contribution >= 4 is 11.9 Å². The monoisotopic (exact) mass is 265 g/mol. The summed E-state index contributed by atoms with van der Waals surface area (Å²) < 4.78 is 5.12. The molecule has 1 N–H and O–H groups in total. The predicted molar refractivity (Wildman–Crippen MR) is 69.0 cm³/mol. The molecule has 0 bridgehead atoms. The highest BCUT2D eigenvalue weighted by molar-refractivity contribution is 5.96. The molecule has 1 aromatic rings. The highest BCUT2D eigenvalue weighted by Crippen LogP contribution is 2.17. The van der Waals surface area contributed by atoms with Crippen molar-refractivity contribution in [3.8, 4) is 0 Å². The maximum atomic E-state index is 12.4. The van der Waals surface area contributed by atoms with Crippen LogP contribution in [0.2, 0.25) is 0 Å². The van der Waals surface area contributed by atoms with Gasteiger partial charge in [0.2, 0.25) is 0 Å². The topological polar surface area (TPSA) is 70.7 Å². The lowest BCUT2D eigenvalue weighted by atomic mass is 10.1. The van der Waals surface area contributed by atoms with Gasteiger partial charge in [-0.05, 0) is 18.9 Å². The smallest absolute Gasteiger partial charge is 0.311 e. The Morgan fingerprint density at radius 1 is 1.16 bits per heavy atom. The molecule has 0 unspecified atom stereocenters. The van der Waals surface area contributed by atoms with Crippen LogP contribution in [0.15, 0.2) is 16.7 Å². The van der Waals surface area contributed by atoms with Crippen molar-refractivity contribution in [2.24, 2.45) is 0 Å². The molecular formula is C14H19NO4. The van der Waals surface area contributed by atoms with Gasteiger partial charge in [-0.2, -0.15) is 0 Å². The molecule has 0 saturated carbocycles. The second-order valence-corrected chi connectivity index (χ2v) is 4.89. The maximum Gasteiger partial charge on any atom is 0.311 e. The maximum absolute atomic E-state index is 12.4. The van der Waals surface area contributed by atoms with Gasteiger partial charge in [0.05, 0.1) is 11.8 Å². The molecule has 1 fully saturated rings. The van der Waals surface area contributed by atoms with Crippen molar-refractivity contribution in [2.75, 3.05) is 13.1 Å². The second-order valence-electron chi connectivity index (χ2n) is 4.89. The summed E-state index contributed by atoms with van der Waals surface area (Å²) in [6, 6.07) is 1.57. The molecule has 5 nitrogen and oxygen atoms in total. The fraction of sp³-hybridized carbons (Fsp3) is 0.571. The molecule has 0 spiro atoms. The van der Waals surface area contributed by atoms with E-state index in [2.05, 4.69) is 0 Å². The van der Waals surface area contributed by atoms with Gasteiger partial charge in [-0.3, -0.25) is 9.59 Å². The number of amides is 1. The lowest BCUT2D eigenvalue weighted by molar-refractivity contribution is -0.136. The highest BCUT2D eigenvalue weighted by atomic mass is 16.4. The Bertz CT molecular complexity index is 444. The number of carboxylic acids is 1. The Morgan fingerprint density at radius 3 is 2.42 bits per heavy atom. The number of carbonyl (C=O) groups excluding carboxylic acids is 1. The summed E-state index contributed by atoms with van der Waals surface area (Å²) in [6.07, 6.45) is 6.69. The minimum Gasteiger partial charge on any atom is -0.481 e. The Labute approximate surface area is 112 Å². The van der Waals surface area contributed by atoms with E-state index in [1.807, 2.05) is 4.90 Å². The number of furan rings is 1. The Morgan fingerprint density at radius 2 is 1.79 bits per heavy atom. The third-order valence-corrected chi connectivity index (χ3v) is 3.43. The first-order chi connectivity index (χ1) is 9.18. The summed E-state index contributed by atoms with van der Waals surface area (Å²) in [6.45, 7) is 1.49. The van der Waals surface area contributed by atoms with Gasteiger partial charge in [0.15, 0.2) is 0 Å². The van der Waals surface area contributed by atoms with Crippen LogP contribution in [0.25, 0.3) is 0 Å². The Kier molecular flexibility index (Phi) is 4.60. The number of nitrogens with zero attached hydrogens (tertiary/aromatic N) is 1. The van der Waals surface area contributed by atoms with Crippen LogP contribution in [0.5, 0.6) is 0 Å². The Balaban J connectivity index is 2.09. The van der Waals surface area contributed by atoms with Gasteiger partial charge < -0.3 is 14.4 Å². The number of hydrogen-bond donors (Lipinski definition) is 1. The van der Waals surface area contributed by atoms with E-state index < -0.39 is 5.97 Å². The molecule has 5 heteroatoms. The van der Waals surface area contributed by atoms with Crippen molar-refractivity contribution in [3.63, 3.8) is 0 Å². The van der Waals surface area contributed by atoms with E-state index in [-0.39, 0.29) is 18.1 Å². The quantitative estimate of drug-likeness (QED) is 0.910. The first-order valence-corrected chi connectivity index (χ1v) is 6.76. The van der Waals surface area contributed by atoms with Gasteiger partial charge in [0.25, 0.3) is 5.91 Å². The predicted octanol–water partition coefficient (Wildman–Crippen LogP) is 2.31. The molecule has 0 aromatic carbocycles. The molecular weight excluding hydrogens is 246 g/mol. The molecule has 1 saturated heterocycles. The van der Waals surface area contributed by atoms with E-state index in [1.54, 1.807) is 6.07 Å². The number of carbonyl (C=O) groups is 2. The van der Waals surface area contributed by atoms with Crippen LogP contribution < -0.4 is 0 Å². The molecule has 1 aliphatic rings. The van der Waals surface area contributed by atoms with E-state index in [0.29, 0.717) is 5.56 Å². The lowest BCUT2D eigenvalue weighted by Gasteiger charge is -2.24. The molecule has 1 amide bonds. The SMILES string of the molecule is O=C(O)Cc1occc1C(=O)N1CCCCCCC1. The second kappa shape index (κ2) is 6.41. The van der Waals surface area contributed by atoms with Crippen LogP contribution in [0, 0.1) is 0 Å². The number of aliphatic carboxylic acids is 1. The van der Waals surface area contributed by atoms with Crippen LogP contribution >= 0.6 is 0 Å². The fourth-order valence-electron chi connectivity index (χ4n) is 2.43.